The number of aliphatic hydroxyl groups excluding tert-OH is 1. The summed E-state index contributed by atoms with van der Waals surface area (Å²) in [6, 6.07) is 69.1. The molecular weight excluding hydrogens is 2520 g/mol. The van der Waals surface area contributed by atoms with Crippen LogP contribution in [-0.4, -0.2) is 127 Å². The molecule has 0 aliphatic carbocycles. The molecule has 18 rings (SSSR count). The number of alkyl halides is 9. The van der Waals surface area contributed by atoms with Crippen LogP contribution in [0.5, 0.6) is 23.0 Å². The normalized spacial score (nSPS) is 12.5. The van der Waals surface area contributed by atoms with E-state index in [0.29, 0.717) is 39.2 Å². The summed E-state index contributed by atoms with van der Waals surface area (Å²) in [5.74, 6) is -7.98. The minimum Gasteiger partial charge on any atom is -0.512 e. The average molecular weight is 2610 g/mol. The van der Waals surface area contributed by atoms with Crippen molar-refractivity contribution < 1.29 is 318 Å². The van der Waals surface area contributed by atoms with Gasteiger partial charge in [0, 0.05) is 316 Å². The van der Waals surface area contributed by atoms with E-state index in [-0.39, 0.29) is 276 Å². The quantitative estimate of drug-likeness (QED) is 0.0224. The molecule has 2 unspecified atom stereocenters. The average Bonchev–Trinajstić information content (AvgIpc) is 0.788. The van der Waals surface area contributed by atoms with Crippen LogP contribution in [0.25, 0.3) is 87.7 Å². The molecule has 726 valence electrons. The van der Waals surface area contributed by atoms with E-state index in [4.69, 9.17) is 5.11 Å². The zero-order chi connectivity index (χ0) is 97.3. The summed E-state index contributed by atoms with van der Waals surface area (Å²) in [4.78, 5) is 91.0. The number of allylic oxidation sites excluding steroid dienone is 4. The van der Waals surface area contributed by atoms with Gasteiger partial charge >= 0.3 is 18.5 Å². The summed E-state index contributed by atoms with van der Waals surface area (Å²) < 4.78 is 109. The van der Waals surface area contributed by atoms with Gasteiger partial charge < -0.3 is 33.0 Å². The molecule has 0 saturated heterocycles. The van der Waals surface area contributed by atoms with Crippen LogP contribution in [0.1, 0.15) is 118 Å². The van der Waals surface area contributed by atoms with Crippen molar-refractivity contribution in [3.05, 3.63) is 376 Å². The topological polar surface area (TPSA) is 289 Å². The zero-order valence-corrected chi connectivity index (χ0v) is 90.4. The molecule has 9 heterocycles. The van der Waals surface area contributed by atoms with Crippen molar-refractivity contribution in [2.24, 2.45) is 9.98 Å². The smallest absolute Gasteiger partial charge is 0.455 e. The Balaban J connectivity index is 0.000000332. The number of aromatic hydroxyl groups is 4. The number of hydrogen-bond acceptors (Lipinski definition) is 19. The maximum Gasteiger partial charge on any atom is 0.455 e. The fraction of sp³-hybridized carbons (Fsp3) is 0.159. The first kappa shape index (κ1) is 124. The Kier molecular flexibility index (Phi) is 52.0. The number of thiophene rings is 1. The number of fused-ring (bicyclic) bond motifs is 9. The molecule has 0 bridgehead atoms. The van der Waals surface area contributed by atoms with Crippen molar-refractivity contribution in [3.63, 3.8) is 0 Å². The second-order valence-corrected chi connectivity index (χ2v) is 31.8. The Labute approximate surface area is 994 Å². The molecule has 2 aliphatic rings. The Morgan fingerprint density at radius 2 is 0.664 bits per heavy atom. The van der Waals surface area contributed by atoms with Crippen molar-refractivity contribution in [2.75, 3.05) is 0 Å². The number of hydrogen-bond donors (Lipinski definition) is 5. The monoisotopic (exact) mass is 2610 g/mol. The van der Waals surface area contributed by atoms with Crippen LogP contribution in [0.15, 0.2) is 307 Å². The number of dihydropyridines is 2. The van der Waals surface area contributed by atoms with Crippen molar-refractivity contribution in [1.29, 1.82) is 0 Å². The van der Waals surface area contributed by atoms with Gasteiger partial charge in [-0.15, -0.1) is 11.3 Å². The van der Waals surface area contributed by atoms with Gasteiger partial charge in [0.25, 0.3) is 17.3 Å². The Bertz CT molecular complexity index is 6610. The molecule has 0 saturated carbocycles. The van der Waals surface area contributed by atoms with Crippen LogP contribution in [0.4, 0.5) is 39.5 Å². The van der Waals surface area contributed by atoms with Crippen LogP contribution < -0.4 is 0 Å². The molecule has 0 fully saturated rings. The van der Waals surface area contributed by atoms with Gasteiger partial charge in [0.05, 0.1) is 78.1 Å². The Morgan fingerprint density at radius 1 is 0.371 bits per heavy atom. The molecule has 2 aliphatic heterocycles. The molecule has 0 spiro atoms. The molecule has 2 atom stereocenters. The van der Waals surface area contributed by atoms with Gasteiger partial charge in [-0.2, -0.15) is 39.5 Å². The van der Waals surface area contributed by atoms with E-state index in [9.17, 15) is 83.9 Å². The van der Waals surface area contributed by atoms with E-state index >= 15 is 0 Å². The Hall–Kier alpha value is -8.16. The predicted molar refractivity (Wildman–Crippen MR) is 517 cm³/mol. The third kappa shape index (κ3) is 35.1. The number of carbonyl (C=O) groups excluding carboxylic acids is 5. The molecule has 5 N–H and O–H groups in total. The Morgan fingerprint density at radius 3 is 0.921 bits per heavy atom. The van der Waals surface area contributed by atoms with Gasteiger partial charge in [-0.25, -0.2) is 0 Å². The van der Waals surface area contributed by atoms with E-state index in [1.807, 2.05) is 97.8 Å². The van der Waals surface area contributed by atoms with Gasteiger partial charge in [-0.1, -0.05) is 164 Å². The number of carbonyl (C=O) groups is 5. The zero-order valence-electron chi connectivity index (χ0n) is 77.1. The van der Waals surface area contributed by atoms with E-state index in [0.717, 1.165) is 108 Å². The molecule has 18 nitrogen and oxygen atoms in total. The van der Waals surface area contributed by atoms with Gasteiger partial charge in [0.1, 0.15) is 23.0 Å². The maximum absolute atomic E-state index is 12.1. The third-order valence-electron chi connectivity index (χ3n) is 20.4. The summed E-state index contributed by atoms with van der Waals surface area (Å²) in [6.07, 6.45) is 11.4. The minimum absolute atomic E-state index is 0. The van der Waals surface area contributed by atoms with Gasteiger partial charge in [0.15, 0.2) is 5.78 Å². The fourth-order valence-electron chi connectivity index (χ4n) is 14.3. The molecule has 9 aromatic carbocycles. The number of aryl methyl sites for hydroxylation is 8. The van der Waals surface area contributed by atoms with Gasteiger partial charge in [-0.3, -0.25) is 63.9 Å². The standard InChI is InChI=1S/C24H16N2.C13H12O2S.2C12H8N2.3C10H9F3O2.C10H12N2.C5H8O2.CH3.Ce.3Eu.Tb/c1-3-7-17(8-4-1)19-13-15-25-23-21(19)11-12-22-20(14-16-26-24(22)23)18-9-5-2-6-10-18;1-8-6-9(2)12(14)10(7-8)13(15)11-4-3-5-16-11;2*1-3-9-5-6-10-4-2-8-14-12(10)11(9)13-7-1;3*1-5-3-6(2)8(14)7(4-5)9(15)10(11,12)13;1-3-7-11-9(5-1)10-6-2-4-8-12-10;1-4(6)3-5(2)7;;;;;;/h1-16H;3-7,14H,1-2H3;2*1-8H;3*3-4,14H,1-2H3;1-4,7-10H,5-6H2;3,6H,1-2H3;1H3;;;;;/q;;;;;;;;;-1;;;;;. The van der Waals surface area contributed by atoms with Crippen molar-refractivity contribution in [1.82, 2.24) is 29.9 Å². The number of pyridine rings is 6. The second-order valence-electron chi connectivity index (χ2n) is 30.9. The summed E-state index contributed by atoms with van der Waals surface area (Å²) in [5, 5.41) is 54.9. The number of rotatable bonds is 9. The summed E-state index contributed by atoms with van der Waals surface area (Å²) in [6.45, 7) is 15.5. The first-order chi connectivity index (χ1) is 63.7. The SMILES string of the molecule is C1=CCC(C2CC=CC=N2)N=C1.CC(=O)C=C(C)O.Cc1cc(C)c(O)c(C(=O)C(F)(F)F)c1.Cc1cc(C)c(O)c(C(=O)C(F)(F)F)c1.Cc1cc(C)c(O)c(C(=O)C(F)(F)F)c1.Cc1cc(C)c(O)c(C(=O)c2cccs2)c1.[CH3-].[Ce].[Eu].[Eu].[Eu].[Tb].c1ccc(-c2ccnc3c2ccc2c(-c4ccccc4)ccnc23)cc1.c1cnc2c(c1)ccc1cccnc12.c1cnc2c(c1)ccc1cccnc12. The number of aliphatic imine (C=N–C) groups is 2. The largest absolute Gasteiger partial charge is 0.512 e. The molecule has 33 heteroatoms. The van der Waals surface area contributed by atoms with Crippen LogP contribution in [-0.2, 0) is 4.79 Å². The van der Waals surface area contributed by atoms with E-state index in [2.05, 4.69) is 173 Å². The van der Waals surface area contributed by atoms with E-state index < -0.39 is 69.8 Å². The number of aromatic nitrogens is 6. The number of ketones is 5. The van der Waals surface area contributed by atoms with Crippen molar-refractivity contribution in [2.45, 2.75) is 113 Å². The number of nitrogens with zero attached hydrogens (tertiary/aromatic N) is 8. The number of Topliss-reactive ketones (excluding diaryl/α,β-unsaturated/α-hetero) is 3. The molecule has 16 aromatic rings. The van der Waals surface area contributed by atoms with Crippen LogP contribution in [0.2, 0.25) is 0 Å². The third-order valence-corrected chi connectivity index (χ3v) is 21.2. The minimum atomic E-state index is -4.96. The molecule has 7 aromatic heterocycles. The van der Waals surface area contributed by atoms with Crippen LogP contribution in [0.3, 0.4) is 0 Å². The van der Waals surface area contributed by atoms with Gasteiger partial charge in [0.2, 0.25) is 5.78 Å². The predicted octanol–water partition coefficient (Wildman–Crippen LogP) is 26.5. The van der Waals surface area contributed by atoms with Crippen molar-refractivity contribution >= 4 is 118 Å². The summed E-state index contributed by atoms with van der Waals surface area (Å²) in [7, 11) is 0. The summed E-state index contributed by atoms with van der Waals surface area (Å²) >= 11 is 1.39. The van der Waals surface area contributed by atoms with Gasteiger partial charge in [-0.05, 0) is 233 Å². The maximum atomic E-state index is 12.1. The number of benzene rings is 9. The second kappa shape index (κ2) is 58.7. The number of phenols is 4. The number of halogens is 9. The van der Waals surface area contributed by atoms with Crippen LogP contribution in [0, 0.1) is 291 Å². The molecular formula is C107H94CeEu3F9N8O10STb-. The van der Waals surface area contributed by atoms with E-state index in [1.165, 1.54) is 92.5 Å². The molecule has 140 heavy (non-hydrogen) atoms. The molecule has 4 radical (unpaired) electrons. The fourth-order valence-corrected chi connectivity index (χ4v) is 14.9. The van der Waals surface area contributed by atoms with Crippen molar-refractivity contribution in [3.8, 4) is 45.3 Å². The van der Waals surface area contributed by atoms with E-state index in [1.54, 1.807) is 64.6 Å². The number of aliphatic hydroxyl groups is 1. The molecule has 0 amide bonds. The summed E-state index contributed by atoms with van der Waals surface area (Å²) in [5.41, 5.74) is 12.8. The number of phenolic OH excluding ortho intramolecular Hbond substituents is 4. The van der Waals surface area contributed by atoms with Crippen LogP contribution >= 0.6 is 11.3 Å². The first-order valence-electron chi connectivity index (χ1n) is 41.5. The first-order valence-corrected chi connectivity index (χ1v) is 42.4.